The van der Waals surface area contributed by atoms with E-state index in [2.05, 4.69) is 33.9 Å². The molecule has 5 nitrogen and oxygen atoms in total. The Hall–Kier alpha value is -2.25. The standard InChI is InChI=1S/C26H34O5Si/c1-26(2,3)32(4,5)31-24(20-14-10-7-11-15-20)25(23(28)21-16-17-22(27)30-21)29-18-19-12-8-6-9-13-19/h6-17,21,23-25,28H,18H2,1-5H3/t21-,23-,24-,25+/m1/s1. The van der Waals surface area contributed by atoms with Crippen LogP contribution in [0.25, 0.3) is 0 Å². The number of aliphatic hydroxyl groups is 1. The van der Waals surface area contributed by atoms with Crippen LogP contribution in [0.4, 0.5) is 0 Å². The summed E-state index contributed by atoms with van der Waals surface area (Å²) in [5, 5.41) is 11.3. The predicted molar refractivity (Wildman–Crippen MR) is 128 cm³/mol. The quantitative estimate of drug-likeness (QED) is 0.418. The molecule has 1 aliphatic rings. The number of esters is 1. The Morgan fingerprint density at radius 2 is 1.62 bits per heavy atom. The Balaban J connectivity index is 1.97. The van der Waals surface area contributed by atoms with Crippen LogP contribution in [0, 0.1) is 0 Å². The number of ether oxygens (including phenoxy) is 2. The molecular weight excluding hydrogens is 420 g/mol. The number of carbonyl (C=O) groups is 1. The maximum atomic E-state index is 11.7. The smallest absolute Gasteiger partial charge is 0.331 e. The number of cyclic esters (lactones) is 1. The van der Waals surface area contributed by atoms with Gasteiger partial charge in [-0.1, -0.05) is 81.4 Å². The molecule has 0 saturated carbocycles. The summed E-state index contributed by atoms with van der Waals surface area (Å²) in [7, 11) is -2.24. The first-order valence-electron chi connectivity index (χ1n) is 11.0. The molecule has 0 aliphatic carbocycles. The van der Waals surface area contributed by atoms with Crippen molar-refractivity contribution in [2.45, 2.75) is 69.9 Å². The zero-order valence-electron chi connectivity index (χ0n) is 19.5. The molecule has 0 unspecified atom stereocenters. The highest BCUT2D eigenvalue weighted by atomic mass is 28.4. The van der Waals surface area contributed by atoms with E-state index in [9.17, 15) is 9.90 Å². The Labute approximate surface area is 192 Å². The predicted octanol–water partition coefficient (Wildman–Crippen LogP) is 5.18. The molecule has 0 aromatic heterocycles. The zero-order valence-corrected chi connectivity index (χ0v) is 20.5. The summed E-state index contributed by atoms with van der Waals surface area (Å²) < 4.78 is 18.5. The van der Waals surface area contributed by atoms with Gasteiger partial charge in [-0.25, -0.2) is 4.79 Å². The van der Waals surface area contributed by atoms with Gasteiger partial charge in [0.05, 0.1) is 12.7 Å². The van der Waals surface area contributed by atoms with Gasteiger partial charge >= 0.3 is 5.97 Å². The highest BCUT2D eigenvalue weighted by molar-refractivity contribution is 6.74. The number of benzene rings is 2. The lowest BCUT2D eigenvalue weighted by molar-refractivity contribution is -0.157. The van der Waals surface area contributed by atoms with E-state index < -0.39 is 38.7 Å². The lowest BCUT2D eigenvalue weighted by Gasteiger charge is -2.42. The second-order valence-corrected chi connectivity index (χ2v) is 14.5. The van der Waals surface area contributed by atoms with Crippen LogP contribution in [0.15, 0.2) is 72.8 Å². The van der Waals surface area contributed by atoms with E-state index in [-0.39, 0.29) is 5.04 Å². The van der Waals surface area contributed by atoms with Gasteiger partial charge < -0.3 is 19.0 Å². The number of aliphatic hydroxyl groups excluding tert-OH is 1. The molecule has 0 bridgehead atoms. The lowest BCUT2D eigenvalue weighted by atomic mass is 9.97. The molecule has 172 valence electrons. The summed E-state index contributed by atoms with van der Waals surface area (Å²) in [4.78, 5) is 11.7. The summed E-state index contributed by atoms with van der Waals surface area (Å²) in [5.74, 6) is -0.461. The highest BCUT2D eigenvalue weighted by Crippen LogP contribution is 2.42. The minimum atomic E-state index is -2.24. The molecule has 1 aliphatic heterocycles. The van der Waals surface area contributed by atoms with Crippen molar-refractivity contribution >= 4 is 14.3 Å². The number of hydrogen-bond acceptors (Lipinski definition) is 5. The van der Waals surface area contributed by atoms with Crippen LogP contribution in [0.5, 0.6) is 0 Å². The Morgan fingerprint density at radius 1 is 1.03 bits per heavy atom. The van der Waals surface area contributed by atoms with Crippen molar-refractivity contribution in [3.8, 4) is 0 Å². The molecule has 0 spiro atoms. The molecule has 32 heavy (non-hydrogen) atoms. The number of hydrogen-bond donors (Lipinski definition) is 1. The summed E-state index contributed by atoms with van der Waals surface area (Å²) in [6, 6.07) is 19.6. The van der Waals surface area contributed by atoms with E-state index in [0.717, 1.165) is 11.1 Å². The first-order chi connectivity index (χ1) is 15.1. The van der Waals surface area contributed by atoms with Gasteiger partial charge in [-0.3, -0.25) is 0 Å². The van der Waals surface area contributed by atoms with E-state index in [0.29, 0.717) is 6.61 Å². The molecule has 0 amide bonds. The summed E-state index contributed by atoms with van der Waals surface area (Å²) in [6.07, 6.45) is -0.209. The molecule has 1 N–H and O–H groups in total. The Bertz CT molecular complexity index is 905. The average molecular weight is 455 g/mol. The Kier molecular flexibility index (Phi) is 7.72. The third-order valence-corrected chi connectivity index (χ3v) is 10.7. The fraction of sp³-hybridized carbons (Fsp3) is 0.423. The van der Waals surface area contributed by atoms with Crippen LogP contribution < -0.4 is 0 Å². The second kappa shape index (κ2) is 10.1. The first kappa shape index (κ1) is 24.4. The van der Waals surface area contributed by atoms with E-state index in [1.807, 2.05) is 60.7 Å². The monoisotopic (exact) mass is 454 g/mol. The third kappa shape index (κ3) is 5.95. The van der Waals surface area contributed by atoms with Crippen molar-refractivity contribution in [3.05, 3.63) is 83.9 Å². The van der Waals surface area contributed by atoms with Crippen LogP contribution in [0.2, 0.25) is 18.1 Å². The van der Waals surface area contributed by atoms with E-state index in [1.165, 1.54) is 6.08 Å². The molecule has 6 heteroatoms. The summed E-state index contributed by atoms with van der Waals surface area (Å²) in [6.45, 7) is 11.2. The van der Waals surface area contributed by atoms with Crippen molar-refractivity contribution in [1.29, 1.82) is 0 Å². The molecule has 3 rings (SSSR count). The van der Waals surface area contributed by atoms with Crippen LogP contribution in [0.1, 0.15) is 38.0 Å². The van der Waals surface area contributed by atoms with Crippen molar-refractivity contribution in [2.24, 2.45) is 0 Å². The maximum Gasteiger partial charge on any atom is 0.331 e. The molecule has 2 aromatic carbocycles. The van der Waals surface area contributed by atoms with Crippen molar-refractivity contribution in [2.75, 3.05) is 0 Å². The van der Waals surface area contributed by atoms with Crippen LogP contribution >= 0.6 is 0 Å². The van der Waals surface area contributed by atoms with E-state index in [1.54, 1.807) is 6.08 Å². The van der Waals surface area contributed by atoms with E-state index >= 15 is 0 Å². The van der Waals surface area contributed by atoms with Gasteiger partial charge in [0.15, 0.2) is 8.32 Å². The van der Waals surface area contributed by atoms with E-state index in [4.69, 9.17) is 13.9 Å². The first-order valence-corrected chi connectivity index (χ1v) is 13.9. The molecule has 2 aromatic rings. The molecule has 4 atom stereocenters. The van der Waals surface area contributed by atoms with Crippen LogP contribution in [-0.4, -0.2) is 37.7 Å². The van der Waals surface area contributed by atoms with Gasteiger partial charge in [0, 0.05) is 6.08 Å². The Morgan fingerprint density at radius 3 is 2.16 bits per heavy atom. The highest BCUT2D eigenvalue weighted by Gasteiger charge is 2.45. The van der Waals surface area contributed by atoms with Gasteiger partial charge in [-0.05, 0) is 35.3 Å². The fourth-order valence-electron chi connectivity index (χ4n) is 3.35. The minimum Gasteiger partial charge on any atom is -0.452 e. The largest absolute Gasteiger partial charge is 0.452 e. The normalized spacial score (nSPS) is 19.4. The molecule has 0 saturated heterocycles. The second-order valence-electron chi connectivity index (χ2n) is 9.72. The zero-order chi connectivity index (χ0) is 23.4. The van der Waals surface area contributed by atoms with Crippen molar-refractivity contribution in [3.63, 3.8) is 0 Å². The summed E-state index contributed by atoms with van der Waals surface area (Å²) in [5.41, 5.74) is 1.91. The fourth-order valence-corrected chi connectivity index (χ4v) is 4.61. The van der Waals surface area contributed by atoms with Gasteiger partial charge in [0.1, 0.15) is 18.3 Å². The summed E-state index contributed by atoms with van der Waals surface area (Å²) >= 11 is 0. The van der Waals surface area contributed by atoms with Gasteiger partial charge in [-0.15, -0.1) is 0 Å². The van der Waals surface area contributed by atoms with Gasteiger partial charge in [0.25, 0.3) is 0 Å². The molecule has 0 radical (unpaired) electrons. The van der Waals surface area contributed by atoms with Crippen LogP contribution in [-0.2, 0) is 25.3 Å². The molecular formula is C26H34O5Si. The van der Waals surface area contributed by atoms with Crippen molar-refractivity contribution < 1.29 is 23.8 Å². The maximum absolute atomic E-state index is 11.7. The minimum absolute atomic E-state index is 0.0330. The van der Waals surface area contributed by atoms with Crippen molar-refractivity contribution in [1.82, 2.24) is 0 Å². The number of carbonyl (C=O) groups excluding carboxylic acids is 1. The van der Waals surface area contributed by atoms with Gasteiger partial charge in [0.2, 0.25) is 0 Å². The van der Waals surface area contributed by atoms with Gasteiger partial charge in [-0.2, -0.15) is 0 Å². The number of rotatable bonds is 9. The topological polar surface area (TPSA) is 65.0 Å². The third-order valence-electron chi connectivity index (χ3n) is 6.29. The SMILES string of the molecule is CC(C)(C)[Si](C)(C)O[C@H](c1ccccc1)[C@@H](OCc1ccccc1)[C@H](O)[C@H]1C=CC(=O)O1. The molecule has 1 heterocycles. The van der Waals surface area contributed by atoms with Crippen LogP contribution in [0.3, 0.4) is 0 Å². The molecule has 0 fully saturated rings. The lowest BCUT2D eigenvalue weighted by Crippen LogP contribution is -2.49. The average Bonchev–Trinajstić information content (AvgIpc) is 3.19.